The van der Waals surface area contributed by atoms with Crippen molar-refractivity contribution in [1.82, 2.24) is 0 Å². The van der Waals surface area contributed by atoms with Crippen LogP contribution in [0.3, 0.4) is 0 Å². The maximum Gasteiger partial charge on any atom is 0.139 e. The van der Waals surface area contributed by atoms with Crippen LogP contribution in [-0.4, -0.2) is 10.2 Å². The number of rotatable bonds is 1. The van der Waals surface area contributed by atoms with Crippen molar-refractivity contribution in [3.63, 3.8) is 0 Å². The zero-order valence-electron chi connectivity index (χ0n) is 12.5. The van der Waals surface area contributed by atoms with E-state index in [1.165, 1.54) is 11.1 Å². The smallest absolute Gasteiger partial charge is 0.139 e. The Morgan fingerprint density at radius 3 is 2.59 bits per heavy atom. The van der Waals surface area contributed by atoms with Crippen LogP contribution in [0.25, 0.3) is 0 Å². The molecule has 0 aromatic heterocycles. The molecule has 0 amide bonds. The first-order chi connectivity index (χ1) is 10.6. The molecule has 1 aliphatic heterocycles. The molecule has 2 aromatic carbocycles. The quantitative estimate of drug-likeness (QED) is 0.544. The maximum absolute atomic E-state index is 10.3. The number of benzene rings is 2. The standard InChI is InChI=1S/C19H19NO2/c1-11-5-10-16(22)19-17(11)14-3-2-4-15(14)18(20-19)12-6-8-13(21)9-7-12/h2-3,5-10,14-15,18,20-22H,4H2,1H3. The third-order valence-corrected chi connectivity index (χ3v) is 4.97. The molecular formula is C19H19NO2. The molecule has 3 nitrogen and oxygen atoms in total. The highest BCUT2D eigenvalue weighted by Gasteiger charge is 2.39. The Kier molecular flexibility index (Phi) is 2.89. The zero-order valence-corrected chi connectivity index (χ0v) is 12.5. The minimum absolute atomic E-state index is 0.140. The first-order valence-corrected chi connectivity index (χ1v) is 7.70. The van der Waals surface area contributed by atoms with Gasteiger partial charge in [0.15, 0.2) is 0 Å². The van der Waals surface area contributed by atoms with E-state index in [1.807, 2.05) is 18.2 Å². The third-order valence-electron chi connectivity index (χ3n) is 4.97. The fourth-order valence-corrected chi connectivity index (χ4v) is 3.89. The van der Waals surface area contributed by atoms with Gasteiger partial charge in [0, 0.05) is 5.92 Å². The van der Waals surface area contributed by atoms with Crippen molar-refractivity contribution in [2.24, 2.45) is 5.92 Å². The summed E-state index contributed by atoms with van der Waals surface area (Å²) in [5.41, 5.74) is 4.42. The molecule has 112 valence electrons. The number of hydrogen-bond donors (Lipinski definition) is 3. The number of allylic oxidation sites excluding steroid dienone is 2. The van der Waals surface area contributed by atoms with Crippen LogP contribution >= 0.6 is 0 Å². The Morgan fingerprint density at radius 1 is 1.05 bits per heavy atom. The van der Waals surface area contributed by atoms with Crippen LogP contribution < -0.4 is 5.32 Å². The van der Waals surface area contributed by atoms with Gasteiger partial charge >= 0.3 is 0 Å². The lowest BCUT2D eigenvalue weighted by atomic mass is 9.75. The van der Waals surface area contributed by atoms with Crippen LogP contribution in [-0.2, 0) is 0 Å². The molecule has 2 aromatic rings. The zero-order chi connectivity index (χ0) is 15.3. The lowest BCUT2D eigenvalue weighted by Crippen LogP contribution is -2.29. The molecule has 0 radical (unpaired) electrons. The van der Waals surface area contributed by atoms with Crippen molar-refractivity contribution in [2.75, 3.05) is 5.32 Å². The van der Waals surface area contributed by atoms with Crippen LogP contribution in [0.5, 0.6) is 11.5 Å². The lowest BCUT2D eigenvalue weighted by molar-refractivity contribution is 0.413. The molecule has 3 atom stereocenters. The highest BCUT2D eigenvalue weighted by molar-refractivity contribution is 5.69. The molecule has 0 fully saturated rings. The van der Waals surface area contributed by atoms with Gasteiger partial charge in [0.25, 0.3) is 0 Å². The number of hydrogen-bond acceptors (Lipinski definition) is 3. The van der Waals surface area contributed by atoms with Gasteiger partial charge in [-0.1, -0.05) is 30.4 Å². The van der Waals surface area contributed by atoms with Gasteiger partial charge in [-0.2, -0.15) is 0 Å². The normalized spacial score (nSPS) is 25.4. The van der Waals surface area contributed by atoms with Crippen molar-refractivity contribution in [2.45, 2.75) is 25.3 Å². The van der Waals surface area contributed by atoms with Gasteiger partial charge in [-0.15, -0.1) is 0 Å². The molecule has 0 saturated heterocycles. The van der Waals surface area contributed by atoms with Crippen LogP contribution in [0.15, 0.2) is 48.6 Å². The number of fused-ring (bicyclic) bond motifs is 3. The number of aromatic hydroxyl groups is 2. The molecule has 1 heterocycles. The van der Waals surface area contributed by atoms with Gasteiger partial charge in [-0.3, -0.25) is 0 Å². The summed E-state index contributed by atoms with van der Waals surface area (Å²) in [4.78, 5) is 0. The lowest BCUT2D eigenvalue weighted by Gasteiger charge is -2.38. The molecule has 3 heteroatoms. The fraction of sp³-hybridized carbons (Fsp3) is 0.263. The van der Waals surface area contributed by atoms with Crippen molar-refractivity contribution in [1.29, 1.82) is 0 Å². The van der Waals surface area contributed by atoms with Crippen LogP contribution in [0.4, 0.5) is 5.69 Å². The predicted molar refractivity (Wildman–Crippen MR) is 87.3 cm³/mol. The molecule has 3 N–H and O–H groups in total. The fourth-order valence-electron chi connectivity index (χ4n) is 3.89. The molecule has 4 rings (SSSR count). The molecule has 0 spiro atoms. The van der Waals surface area contributed by atoms with E-state index in [1.54, 1.807) is 18.2 Å². The molecular weight excluding hydrogens is 274 g/mol. The second-order valence-corrected chi connectivity index (χ2v) is 6.26. The number of phenolic OH excluding ortho intramolecular Hbond substituents is 2. The summed E-state index contributed by atoms with van der Waals surface area (Å²) in [5.74, 6) is 1.36. The van der Waals surface area contributed by atoms with Crippen LogP contribution in [0, 0.1) is 12.8 Å². The van der Waals surface area contributed by atoms with Gasteiger partial charge in [-0.25, -0.2) is 0 Å². The number of nitrogens with one attached hydrogen (secondary N) is 1. The van der Waals surface area contributed by atoms with Crippen molar-refractivity contribution in [3.8, 4) is 11.5 Å². The Balaban J connectivity index is 1.84. The highest BCUT2D eigenvalue weighted by atomic mass is 16.3. The molecule has 22 heavy (non-hydrogen) atoms. The summed E-state index contributed by atoms with van der Waals surface area (Å²) in [6.45, 7) is 2.10. The number of phenols is 2. The van der Waals surface area contributed by atoms with Crippen molar-refractivity contribution < 1.29 is 10.2 Å². The minimum atomic E-state index is 0.140. The van der Waals surface area contributed by atoms with Crippen LogP contribution in [0.2, 0.25) is 0 Å². The van der Waals surface area contributed by atoms with Gasteiger partial charge in [0.2, 0.25) is 0 Å². The van der Waals surface area contributed by atoms with E-state index in [9.17, 15) is 10.2 Å². The van der Waals surface area contributed by atoms with Gasteiger partial charge < -0.3 is 15.5 Å². The predicted octanol–water partition coefficient (Wildman–Crippen LogP) is 4.23. The second-order valence-electron chi connectivity index (χ2n) is 6.26. The third kappa shape index (κ3) is 1.89. The number of aryl methyl sites for hydroxylation is 1. The van der Waals surface area contributed by atoms with Crippen molar-refractivity contribution >= 4 is 5.69 Å². The van der Waals surface area contributed by atoms with Gasteiger partial charge in [0.05, 0.1) is 11.7 Å². The van der Waals surface area contributed by atoms with E-state index in [4.69, 9.17) is 0 Å². The van der Waals surface area contributed by atoms with Gasteiger partial charge in [0.1, 0.15) is 11.5 Å². The Hall–Kier alpha value is -2.42. The topological polar surface area (TPSA) is 52.5 Å². The largest absolute Gasteiger partial charge is 0.508 e. The summed E-state index contributed by atoms with van der Waals surface area (Å²) in [6, 6.07) is 11.2. The summed E-state index contributed by atoms with van der Waals surface area (Å²) in [6.07, 6.45) is 5.53. The average molecular weight is 293 g/mol. The van der Waals surface area contributed by atoms with Crippen molar-refractivity contribution in [3.05, 3.63) is 65.2 Å². The van der Waals surface area contributed by atoms with E-state index in [0.29, 0.717) is 17.6 Å². The minimum Gasteiger partial charge on any atom is -0.508 e. The average Bonchev–Trinajstić information content (AvgIpc) is 3.00. The Bertz CT molecular complexity index is 749. The van der Waals surface area contributed by atoms with E-state index in [0.717, 1.165) is 17.7 Å². The van der Waals surface area contributed by atoms with E-state index >= 15 is 0 Å². The summed E-state index contributed by atoms with van der Waals surface area (Å²) in [7, 11) is 0. The Morgan fingerprint density at radius 2 is 1.82 bits per heavy atom. The first kappa shape index (κ1) is 13.3. The molecule has 3 unspecified atom stereocenters. The first-order valence-electron chi connectivity index (χ1n) is 7.70. The summed E-state index contributed by atoms with van der Waals surface area (Å²) < 4.78 is 0. The molecule has 0 saturated carbocycles. The van der Waals surface area contributed by atoms with E-state index < -0.39 is 0 Å². The van der Waals surface area contributed by atoms with Crippen LogP contribution in [0.1, 0.15) is 35.1 Å². The number of anilines is 1. The monoisotopic (exact) mass is 293 g/mol. The highest BCUT2D eigenvalue weighted by Crippen LogP contribution is 2.53. The molecule has 0 bridgehead atoms. The molecule has 2 aliphatic rings. The second kappa shape index (κ2) is 4.80. The SMILES string of the molecule is Cc1ccc(O)c2c1C1C=CCC1C(c1ccc(O)cc1)N2. The van der Waals surface area contributed by atoms with Gasteiger partial charge in [-0.05, 0) is 54.2 Å². The summed E-state index contributed by atoms with van der Waals surface area (Å²) in [5, 5.41) is 23.3. The molecule has 1 aliphatic carbocycles. The van der Waals surface area contributed by atoms with E-state index in [-0.39, 0.29) is 11.8 Å². The summed E-state index contributed by atoms with van der Waals surface area (Å²) >= 11 is 0. The maximum atomic E-state index is 10.3. The Labute approximate surface area is 129 Å². The van der Waals surface area contributed by atoms with E-state index in [2.05, 4.69) is 24.4 Å².